The van der Waals surface area contributed by atoms with Crippen molar-refractivity contribution in [2.45, 2.75) is 60.8 Å². The molecule has 2 N–H and O–H groups in total. The third-order valence-corrected chi connectivity index (χ3v) is 7.59. The number of hydrogen-bond acceptors (Lipinski definition) is 6. The lowest BCUT2D eigenvalue weighted by Gasteiger charge is -2.29. The van der Waals surface area contributed by atoms with Crippen LogP contribution in [0, 0.1) is 0 Å². The SMILES string of the molecule is CC1SCC(c2noc(C3(N)CCCC3)n2)SC1C. The zero-order valence-corrected chi connectivity index (χ0v) is 13.1. The Morgan fingerprint density at radius 3 is 2.68 bits per heavy atom. The predicted octanol–water partition coefficient (Wildman–Crippen LogP) is 3.10. The molecule has 4 nitrogen and oxygen atoms in total. The zero-order valence-electron chi connectivity index (χ0n) is 11.5. The maximum absolute atomic E-state index is 6.36. The van der Waals surface area contributed by atoms with Crippen LogP contribution in [0.2, 0.25) is 0 Å². The van der Waals surface area contributed by atoms with Crippen molar-refractivity contribution in [1.29, 1.82) is 0 Å². The second-order valence-electron chi connectivity index (χ2n) is 5.69. The van der Waals surface area contributed by atoms with Crippen LogP contribution < -0.4 is 5.73 Å². The van der Waals surface area contributed by atoms with Gasteiger partial charge in [-0.05, 0) is 12.8 Å². The Morgan fingerprint density at radius 1 is 1.26 bits per heavy atom. The van der Waals surface area contributed by atoms with E-state index >= 15 is 0 Å². The summed E-state index contributed by atoms with van der Waals surface area (Å²) in [7, 11) is 0. The van der Waals surface area contributed by atoms with E-state index in [9.17, 15) is 0 Å². The summed E-state index contributed by atoms with van der Waals surface area (Å²) in [5, 5.41) is 5.86. The van der Waals surface area contributed by atoms with E-state index in [1.165, 1.54) is 0 Å². The summed E-state index contributed by atoms with van der Waals surface area (Å²) in [6.45, 7) is 4.56. The van der Waals surface area contributed by atoms with Crippen LogP contribution in [0.3, 0.4) is 0 Å². The van der Waals surface area contributed by atoms with Crippen LogP contribution in [0.1, 0.15) is 56.5 Å². The van der Waals surface area contributed by atoms with E-state index in [2.05, 4.69) is 24.0 Å². The fraction of sp³-hybridized carbons (Fsp3) is 0.846. The van der Waals surface area contributed by atoms with Crippen molar-refractivity contribution in [3.8, 4) is 0 Å². The van der Waals surface area contributed by atoms with Crippen LogP contribution in [-0.4, -0.2) is 26.4 Å². The van der Waals surface area contributed by atoms with E-state index in [0.717, 1.165) is 37.3 Å². The highest BCUT2D eigenvalue weighted by atomic mass is 32.2. The molecule has 3 rings (SSSR count). The molecule has 3 unspecified atom stereocenters. The number of thioether (sulfide) groups is 2. The third-order valence-electron chi connectivity index (χ3n) is 4.20. The minimum Gasteiger partial charge on any atom is -0.337 e. The van der Waals surface area contributed by atoms with Gasteiger partial charge in [-0.3, -0.25) is 0 Å². The average molecular weight is 299 g/mol. The minimum absolute atomic E-state index is 0.346. The lowest BCUT2D eigenvalue weighted by Crippen LogP contribution is -2.33. The third kappa shape index (κ3) is 2.67. The van der Waals surface area contributed by atoms with Gasteiger partial charge in [0, 0.05) is 16.3 Å². The molecule has 0 bridgehead atoms. The van der Waals surface area contributed by atoms with Crippen LogP contribution in [-0.2, 0) is 5.54 Å². The van der Waals surface area contributed by atoms with Crippen molar-refractivity contribution in [3.63, 3.8) is 0 Å². The molecule has 1 aliphatic heterocycles. The fourth-order valence-electron chi connectivity index (χ4n) is 2.71. The smallest absolute Gasteiger partial charge is 0.246 e. The number of nitrogens with two attached hydrogens (primary N) is 1. The van der Waals surface area contributed by atoms with Gasteiger partial charge in [0.05, 0.1) is 10.8 Å². The largest absolute Gasteiger partial charge is 0.337 e. The van der Waals surface area contributed by atoms with E-state index in [-0.39, 0.29) is 5.54 Å². The van der Waals surface area contributed by atoms with Gasteiger partial charge in [-0.15, -0.1) is 11.8 Å². The van der Waals surface area contributed by atoms with Gasteiger partial charge in [0.1, 0.15) is 0 Å². The lowest BCUT2D eigenvalue weighted by atomic mass is 9.99. The zero-order chi connectivity index (χ0) is 13.5. The second-order valence-corrected chi connectivity index (χ2v) is 8.68. The first-order chi connectivity index (χ1) is 9.08. The van der Waals surface area contributed by atoms with E-state index < -0.39 is 0 Å². The highest BCUT2D eigenvalue weighted by molar-refractivity contribution is 8.07. The molecule has 3 atom stereocenters. The van der Waals surface area contributed by atoms with Crippen molar-refractivity contribution in [3.05, 3.63) is 11.7 Å². The minimum atomic E-state index is -0.364. The van der Waals surface area contributed by atoms with Gasteiger partial charge < -0.3 is 10.3 Å². The molecule has 2 aliphatic rings. The number of hydrogen-bond donors (Lipinski definition) is 1. The van der Waals surface area contributed by atoms with Crippen LogP contribution >= 0.6 is 23.5 Å². The van der Waals surface area contributed by atoms with Crippen molar-refractivity contribution >= 4 is 23.5 Å². The van der Waals surface area contributed by atoms with Gasteiger partial charge >= 0.3 is 0 Å². The molecule has 2 fully saturated rings. The van der Waals surface area contributed by atoms with Crippen molar-refractivity contribution in [2.75, 3.05) is 5.75 Å². The molecule has 0 amide bonds. The first-order valence-electron chi connectivity index (χ1n) is 6.98. The Morgan fingerprint density at radius 2 is 2.00 bits per heavy atom. The van der Waals surface area contributed by atoms with E-state index in [1.54, 1.807) is 0 Å². The first-order valence-corrected chi connectivity index (χ1v) is 8.98. The maximum Gasteiger partial charge on any atom is 0.246 e. The lowest BCUT2D eigenvalue weighted by molar-refractivity contribution is 0.284. The number of rotatable bonds is 2. The normalized spacial score (nSPS) is 34.6. The first kappa shape index (κ1) is 13.8. The van der Waals surface area contributed by atoms with Crippen LogP contribution in [0.4, 0.5) is 0 Å². The molecule has 1 aromatic rings. The van der Waals surface area contributed by atoms with Crippen molar-refractivity contribution < 1.29 is 4.52 Å². The Balaban J connectivity index is 1.74. The highest BCUT2D eigenvalue weighted by Crippen LogP contribution is 2.44. The number of aromatic nitrogens is 2. The van der Waals surface area contributed by atoms with Crippen LogP contribution in [0.5, 0.6) is 0 Å². The standard InChI is InChI=1S/C13H21N3OS2/c1-8-9(2)19-10(7-18-8)11-15-12(17-16-11)13(14)5-3-4-6-13/h8-10H,3-7,14H2,1-2H3. The molecule has 0 radical (unpaired) electrons. The van der Waals surface area contributed by atoms with Crippen molar-refractivity contribution in [2.24, 2.45) is 5.73 Å². The fourth-order valence-corrected chi connectivity index (χ4v) is 5.54. The second kappa shape index (κ2) is 5.30. The molecular weight excluding hydrogens is 278 g/mol. The molecule has 106 valence electrons. The molecule has 2 heterocycles. The summed E-state index contributed by atoms with van der Waals surface area (Å²) in [4.78, 5) is 4.61. The van der Waals surface area contributed by atoms with Crippen molar-refractivity contribution in [1.82, 2.24) is 10.1 Å². The summed E-state index contributed by atoms with van der Waals surface area (Å²) in [5.74, 6) is 2.55. The molecule has 1 aromatic heterocycles. The molecule has 0 aromatic carbocycles. The van der Waals surface area contributed by atoms with E-state index in [1.807, 2.05) is 23.5 Å². The maximum atomic E-state index is 6.36. The topological polar surface area (TPSA) is 64.9 Å². The monoisotopic (exact) mass is 299 g/mol. The molecule has 19 heavy (non-hydrogen) atoms. The van der Waals surface area contributed by atoms with Crippen LogP contribution in [0.15, 0.2) is 4.52 Å². The summed E-state index contributed by atoms with van der Waals surface area (Å²) in [6, 6.07) is 0. The molecular formula is C13H21N3OS2. The Kier molecular flexibility index (Phi) is 3.84. The molecule has 0 spiro atoms. The summed E-state index contributed by atoms with van der Waals surface area (Å²) in [5.41, 5.74) is 6.00. The molecule has 1 saturated heterocycles. The van der Waals surface area contributed by atoms with Gasteiger partial charge in [0.25, 0.3) is 0 Å². The molecule has 1 saturated carbocycles. The van der Waals surface area contributed by atoms with Crippen LogP contribution in [0.25, 0.3) is 0 Å². The highest BCUT2D eigenvalue weighted by Gasteiger charge is 2.38. The molecule has 1 aliphatic carbocycles. The van der Waals surface area contributed by atoms with E-state index in [4.69, 9.17) is 10.3 Å². The summed E-state index contributed by atoms with van der Waals surface area (Å²) < 4.78 is 5.46. The quantitative estimate of drug-likeness (QED) is 0.905. The summed E-state index contributed by atoms with van der Waals surface area (Å²) in [6.07, 6.45) is 4.26. The van der Waals surface area contributed by atoms with Gasteiger partial charge in [0.15, 0.2) is 5.82 Å². The van der Waals surface area contributed by atoms with Gasteiger partial charge in [-0.2, -0.15) is 16.7 Å². The van der Waals surface area contributed by atoms with Gasteiger partial charge in [-0.25, -0.2) is 0 Å². The Labute approximate surface area is 122 Å². The summed E-state index contributed by atoms with van der Waals surface area (Å²) >= 11 is 3.95. The van der Waals surface area contributed by atoms with E-state index in [0.29, 0.717) is 21.6 Å². The van der Waals surface area contributed by atoms with Gasteiger partial charge in [-0.1, -0.05) is 31.8 Å². The average Bonchev–Trinajstić information content (AvgIpc) is 3.02. The Hall–Kier alpha value is -0.200. The molecule has 6 heteroatoms. The Bertz CT molecular complexity index is 445. The predicted molar refractivity (Wildman–Crippen MR) is 80.3 cm³/mol. The number of nitrogens with zero attached hydrogens (tertiary/aromatic N) is 2. The van der Waals surface area contributed by atoms with Gasteiger partial charge in [0.2, 0.25) is 5.89 Å².